The van der Waals surface area contributed by atoms with Gasteiger partial charge in [-0.2, -0.15) is 0 Å². The zero-order valence-corrected chi connectivity index (χ0v) is 12.9. The first kappa shape index (κ1) is 16.7. The summed E-state index contributed by atoms with van der Waals surface area (Å²) in [4.78, 5) is 22.1. The van der Waals surface area contributed by atoms with Crippen molar-refractivity contribution in [3.63, 3.8) is 0 Å². The van der Waals surface area contributed by atoms with Crippen molar-refractivity contribution in [1.29, 1.82) is 0 Å². The molecule has 0 heterocycles. The first-order valence-electron chi connectivity index (χ1n) is 5.52. The van der Waals surface area contributed by atoms with Crippen molar-refractivity contribution in [3.05, 3.63) is 27.7 Å². The summed E-state index contributed by atoms with van der Waals surface area (Å²) in [5.41, 5.74) is -2.02. The van der Waals surface area contributed by atoms with Crippen LogP contribution in [0, 0.1) is 0 Å². The molecule has 0 aliphatic carbocycles. The van der Waals surface area contributed by atoms with E-state index in [1.54, 1.807) is 18.2 Å². The van der Waals surface area contributed by atoms with E-state index in [-0.39, 0.29) is 6.61 Å². The van der Waals surface area contributed by atoms with Gasteiger partial charge >= 0.3 is 5.97 Å². The largest absolute Gasteiger partial charge is 0.483 e. The Kier molecular flexibility index (Phi) is 5.79. The molecule has 1 atom stereocenters. The van der Waals surface area contributed by atoms with Crippen molar-refractivity contribution >= 4 is 39.4 Å². The predicted molar refractivity (Wildman–Crippen MR) is 75.9 cm³/mol. The number of nitrogens with one attached hydrogen (secondary N) is 1. The van der Waals surface area contributed by atoms with Crippen molar-refractivity contribution in [2.24, 2.45) is 0 Å². The summed E-state index contributed by atoms with van der Waals surface area (Å²) in [6.45, 7) is 0.370. The molecule has 20 heavy (non-hydrogen) atoms. The van der Waals surface area contributed by atoms with Gasteiger partial charge in [0.25, 0.3) is 5.91 Å². The highest BCUT2D eigenvalue weighted by molar-refractivity contribution is 9.10. The van der Waals surface area contributed by atoms with E-state index in [2.05, 4.69) is 21.2 Å². The molecule has 0 fully saturated rings. The number of amides is 1. The Hall–Kier alpha value is -1.31. The second-order valence-electron chi connectivity index (χ2n) is 4.22. The average molecular weight is 367 g/mol. The number of hydrogen-bond acceptors (Lipinski definition) is 4. The molecule has 1 aromatic rings. The lowest BCUT2D eigenvalue weighted by atomic mass is 10.1. The van der Waals surface area contributed by atoms with Crippen LogP contribution in [0.3, 0.4) is 0 Å². The summed E-state index contributed by atoms with van der Waals surface area (Å²) in [6.07, 6.45) is 0. The number of carbonyl (C=O) groups excluding carboxylic acids is 1. The van der Waals surface area contributed by atoms with Crippen molar-refractivity contribution in [2.75, 3.05) is 13.2 Å². The zero-order valence-electron chi connectivity index (χ0n) is 10.5. The van der Waals surface area contributed by atoms with Gasteiger partial charge < -0.3 is 20.3 Å². The van der Waals surface area contributed by atoms with Crippen LogP contribution in [0.25, 0.3) is 0 Å². The van der Waals surface area contributed by atoms with E-state index < -0.39 is 24.0 Å². The van der Waals surface area contributed by atoms with Crippen molar-refractivity contribution < 1.29 is 24.5 Å². The van der Waals surface area contributed by atoms with Crippen LogP contribution in [-0.2, 0) is 9.59 Å². The molecule has 1 unspecified atom stereocenters. The molecule has 6 nitrogen and oxygen atoms in total. The lowest BCUT2D eigenvalue weighted by Crippen LogP contribution is -2.47. The number of benzene rings is 1. The summed E-state index contributed by atoms with van der Waals surface area (Å²) in [7, 11) is 0. The van der Waals surface area contributed by atoms with Crippen molar-refractivity contribution in [3.8, 4) is 5.75 Å². The summed E-state index contributed by atoms with van der Waals surface area (Å²) in [5, 5.41) is 20.9. The first-order valence-corrected chi connectivity index (χ1v) is 6.70. The molecule has 0 spiro atoms. The molecule has 1 amide bonds. The van der Waals surface area contributed by atoms with E-state index in [0.29, 0.717) is 15.2 Å². The molecule has 0 aromatic heterocycles. The smallest absolute Gasteiger partial charge is 0.337 e. The maximum Gasteiger partial charge on any atom is 0.337 e. The molecular weight excluding hydrogens is 353 g/mol. The number of carbonyl (C=O) groups is 2. The first-order chi connectivity index (χ1) is 9.22. The van der Waals surface area contributed by atoms with Gasteiger partial charge in [0.15, 0.2) is 12.2 Å². The van der Waals surface area contributed by atoms with Crippen molar-refractivity contribution in [1.82, 2.24) is 5.32 Å². The van der Waals surface area contributed by atoms with Gasteiger partial charge in [-0.25, -0.2) is 4.79 Å². The molecule has 1 aromatic carbocycles. The number of ether oxygens (including phenoxy) is 1. The normalized spacial score (nSPS) is 13.4. The van der Waals surface area contributed by atoms with Gasteiger partial charge in [0.05, 0.1) is 11.0 Å². The SMILES string of the molecule is CC(O)(CNC(=O)COc1ccc(Cl)cc1Br)C(=O)O. The van der Waals surface area contributed by atoms with Gasteiger partial charge in [-0.3, -0.25) is 4.79 Å². The maximum absolute atomic E-state index is 11.5. The van der Waals surface area contributed by atoms with E-state index in [1.165, 1.54) is 0 Å². The fourth-order valence-corrected chi connectivity index (χ4v) is 1.93. The lowest BCUT2D eigenvalue weighted by molar-refractivity contribution is -0.156. The van der Waals surface area contributed by atoms with Gasteiger partial charge in [0, 0.05) is 5.02 Å². The van der Waals surface area contributed by atoms with Gasteiger partial charge in [0.1, 0.15) is 5.75 Å². The van der Waals surface area contributed by atoms with Crippen LogP contribution < -0.4 is 10.1 Å². The second-order valence-corrected chi connectivity index (χ2v) is 5.51. The van der Waals surface area contributed by atoms with E-state index in [9.17, 15) is 14.7 Å². The Morgan fingerprint density at radius 3 is 2.70 bits per heavy atom. The van der Waals surface area contributed by atoms with Crippen LogP contribution in [-0.4, -0.2) is 40.8 Å². The minimum atomic E-state index is -2.02. The second kappa shape index (κ2) is 6.92. The van der Waals surface area contributed by atoms with Crippen LogP contribution in [0.5, 0.6) is 5.75 Å². The molecule has 110 valence electrons. The topological polar surface area (TPSA) is 95.9 Å². The van der Waals surface area contributed by atoms with Crippen molar-refractivity contribution in [2.45, 2.75) is 12.5 Å². The molecule has 8 heteroatoms. The quantitative estimate of drug-likeness (QED) is 0.708. The Morgan fingerprint density at radius 2 is 2.15 bits per heavy atom. The molecule has 0 aliphatic heterocycles. The molecular formula is C12H13BrClNO5. The number of carboxylic acid groups (broad SMARTS) is 1. The summed E-state index contributed by atoms with van der Waals surface area (Å²) >= 11 is 8.99. The molecule has 1 rings (SSSR count). The summed E-state index contributed by atoms with van der Waals surface area (Å²) < 4.78 is 5.83. The van der Waals surface area contributed by atoms with Gasteiger partial charge in [-0.1, -0.05) is 11.6 Å². The standard InChI is InChI=1S/C12H13BrClNO5/c1-12(19,11(17)18)6-15-10(16)5-20-9-3-2-7(14)4-8(9)13/h2-4,19H,5-6H2,1H3,(H,15,16)(H,17,18). The maximum atomic E-state index is 11.5. The fourth-order valence-electron chi connectivity index (χ4n) is 1.13. The van der Waals surface area contributed by atoms with Gasteiger partial charge in [-0.15, -0.1) is 0 Å². The number of halogens is 2. The summed E-state index contributed by atoms with van der Waals surface area (Å²) in [5.74, 6) is -1.54. The Bertz CT molecular complexity index is 521. The molecule has 0 saturated heterocycles. The highest BCUT2D eigenvalue weighted by atomic mass is 79.9. The van der Waals surface area contributed by atoms with Crippen LogP contribution in [0.4, 0.5) is 0 Å². The number of rotatable bonds is 6. The number of aliphatic hydroxyl groups is 1. The molecule has 3 N–H and O–H groups in total. The number of aliphatic carboxylic acids is 1. The molecule has 0 bridgehead atoms. The van der Waals surface area contributed by atoms with Crippen LogP contribution in [0.1, 0.15) is 6.92 Å². The van der Waals surface area contributed by atoms with Crippen LogP contribution >= 0.6 is 27.5 Å². The minimum absolute atomic E-state index is 0.310. The minimum Gasteiger partial charge on any atom is -0.483 e. The third kappa shape index (κ3) is 4.99. The molecule has 0 saturated carbocycles. The number of hydrogen-bond donors (Lipinski definition) is 3. The monoisotopic (exact) mass is 365 g/mol. The highest BCUT2D eigenvalue weighted by Crippen LogP contribution is 2.27. The number of carboxylic acids is 1. The Balaban J connectivity index is 2.46. The predicted octanol–water partition coefficient (Wildman–Crippen LogP) is 1.43. The van der Waals surface area contributed by atoms with E-state index in [4.69, 9.17) is 21.4 Å². The summed E-state index contributed by atoms with van der Waals surface area (Å²) in [6, 6.07) is 4.81. The average Bonchev–Trinajstić information content (AvgIpc) is 2.35. The highest BCUT2D eigenvalue weighted by Gasteiger charge is 2.30. The van der Waals surface area contributed by atoms with E-state index in [0.717, 1.165) is 6.92 Å². The fraction of sp³-hybridized carbons (Fsp3) is 0.333. The van der Waals surface area contributed by atoms with E-state index in [1.807, 2.05) is 0 Å². The van der Waals surface area contributed by atoms with E-state index >= 15 is 0 Å². The zero-order chi connectivity index (χ0) is 15.3. The van der Waals surface area contributed by atoms with Crippen LogP contribution in [0.15, 0.2) is 22.7 Å². The lowest BCUT2D eigenvalue weighted by Gasteiger charge is -2.18. The molecule has 0 radical (unpaired) electrons. The molecule has 0 aliphatic rings. The van der Waals surface area contributed by atoms with Gasteiger partial charge in [-0.05, 0) is 41.1 Å². The van der Waals surface area contributed by atoms with Gasteiger partial charge in [0.2, 0.25) is 0 Å². The Labute approximate surface area is 128 Å². The third-order valence-electron chi connectivity index (χ3n) is 2.34. The third-order valence-corrected chi connectivity index (χ3v) is 3.20. The Morgan fingerprint density at radius 1 is 1.50 bits per heavy atom. The van der Waals surface area contributed by atoms with Crippen LogP contribution in [0.2, 0.25) is 5.02 Å².